The van der Waals surface area contributed by atoms with Crippen molar-refractivity contribution >= 4 is 22.6 Å². The first kappa shape index (κ1) is 16.2. The molecule has 26 heavy (non-hydrogen) atoms. The first-order valence-corrected chi connectivity index (χ1v) is 8.02. The zero-order valence-corrected chi connectivity index (χ0v) is 14.1. The lowest BCUT2D eigenvalue weighted by Gasteiger charge is -2.07. The smallest absolute Gasteiger partial charge is 0.264 e. The summed E-state index contributed by atoms with van der Waals surface area (Å²) in [6.45, 7) is 0. The Morgan fingerprint density at radius 2 is 2.19 bits per heavy atom. The fourth-order valence-corrected chi connectivity index (χ4v) is 2.96. The predicted octanol–water partition coefficient (Wildman–Crippen LogP) is 1.63. The van der Waals surface area contributed by atoms with Gasteiger partial charge in [0.15, 0.2) is 0 Å². The van der Waals surface area contributed by atoms with Crippen LogP contribution in [-0.2, 0) is 11.8 Å². The Kier molecular flexibility index (Phi) is 3.71. The molecule has 0 bridgehead atoms. The van der Waals surface area contributed by atoms with Gasteiger partial charge in [-0.2, -0.15) is 0 Å². The number of halogens is 1. The number of alkyl halides is 1. The van der Waals surface area contributed by atoms with Crippen LogP contribution in [0.4, 0.5) is 10.2 Å². The van der Waals surface area contributed by atoms with Gasteiger partial charge in [-0.25, -0.2) is 14.4 Å². The number of carbonyl (C=O) groups is 1. The second kappa shape index (κ2) is 5.94. The summed E-state index contributed by atoms with van der Waals surface area (Å²) in [7, 11) is 3.24. The van der Waals surface area contributed by atoms with Crippen molar-refractivity contribution in [2.45, 2.75) is 12.6 Å². The van der Waals surface area contributed by atoms with E-state index in [-0.39, 0.29) is 23.8 Å². The first-order chi connectivity index (χ1) is 12.5. The molecule has 1 aliphatic rings. The van der Waals surface area contributed by atoms with Crippen LogP contribution < -0.4 is 15.6 Å². The van der Waals surface area contributed by atoms with Crippen LogP contribution in [-0.4, -0.2) is 38.7 Å². The molecule has 4 rings (SSSR count). The fraction of sp³-hybridized carbons (Fsp3) is 0.294. The molecular weight excluding hydrogens is 341 g/mol. The molecule has 0 spiro atoms. The molecule has 3 aromatic rings. The minimum atomic E-state index is -1.06. The van der Waals surface area contributed by atoms with Gasteiger partial charge in [-0.05, 0) is 18.6 Å². The molecule has 2 N–H and O–H groups in total. The third-order valence-corrected chi connectivity index (χ3v) is 4.50. The van der Waals surface area contributed by atoms with Gasteiger partial charge >= 0.3 is 0 Å². The van der Waals surface area contributed by atoms with Gasteiger partial charge in [-0.1, -0.05) is 0 Å². The lowest BCUT2D eigenvalue weighted by molar-refractivity contribution is -0.117. The maximum atomic E-state index is 13.0. The topological polar surface area (TPSA) is 102 Å². The zero-order valence-electron chi connectivity index (χ0n) is 14.1. The van der Waals surface area contributed by atoms with Crippen LogP contribution in [0.2, 0.25) is 0 Å². The third kappa shape index (κ3) is 2.61. The molecule has 1 saturated carbocycles. The van der Waals surface area contributed by atoms with Crippen molar-refractivity contribution in [1.29, 1.82) is 0 Å². The number of fused-ring (bicyclic) bond motifs is 1. The van der Waals surface area contributed by atoms with E-state index in [0.29, 0.717) is 17.1 Å². The average Bonchev–Trinajstić information content (AvgIpc) is 3.28. The largest absolute Gasteiger partial charge is 0.480 e. The van der Waals surface area contributed by atoms with Crippen molar-refractivity contribution in [3.8, 4) is 17.1 Å². The van der Waals surface area contributed by atoms with Crippen LogP contribution >= 0.6 is 0 Å². The number of methoxy groups -OCH3 is 1. The summed E-state index contributed by atoms with van der Waals surface area (Å²) in [6, 6.07) is 3.47. The number of H-pyrrole nitrogens is 1. The van der Waals surface area contributed by atoms with Gasteiger partial charge in [0.2, 0.25) is 11.8 Å². The Balaban J connectivity index is 1.75. The highest BCUT2D eigenvalue weighted by molar-refractivity contribution is 5.96. The summed E-state index contributed by atoms with van der Waals surface area (Å²) < 4.78 is 20.0. The van der Waals surface area contributed by atoms with E-state index in [1.807, 2.05) is 0 Å². The summed E-state index contributed by atoms with van der Waals surface area (Å²) in [4.78, 5) is 34.9. The number of pyridine rings is 1. The molecule has 2 atom stereocenters. The van der Waals surface area contributed by atoms with Gasteiger partial charge in [0.1, 0.15) is 17.6 Å². The highest BCUT2D eigenvalue weighted by atomic mass is 19.1. The van der Waals surface area contributed by atoms with E-state index in [1.54, 1.807) is 29.9 Å². The molecule has 8 nitrogen and oxygen atoms in total. The molecule has 1 amide bonds. The predicted molar refractivity (Wildman–Crippen MR) is 92.8 cm³/mol. The van der Waals surface area contributed by atoms with E-state index in [0.717, 1.165) is 10.9 Å². The summed E-state index contributed by atoms with van der Waals surface area (Å²) in [6.07, 6.45) is 2.06. The summed E-state index contributed by atoms with van der Waals surface area (Å²) >= 11 is 0. The maximum Gasteiger partial charge on any atom is 0.264 e. The van der Waals surface area contributed by atoms with Crippen LogP contribution in [0.25, 0.3) is 22.2 Å². The normalized spacial score (nSPS) is 18.7. The molecule has 2 unspecified atom stereocenters. The minimum Gasteiger partial charge on any atom is -0.480 e. The number of aromatic nitrogens is 4. The summed E-state index contributed by atoms with van der Waals surface area (Å²) in [5.41, 5.74) is 1.34. The van der Waals surface area contributed by atoms with Crippen LogP contribution in [0.15, 0.2) is 29.5 Å². The van der Waals surface area contributed by atoms with Gasteiger partial charge in [0.05, 0.1) is 36.8 Å². The molecule has 3 heterocycles. The monoisotopic (exact) mass is 357 g/mol. The molecule has 3 aromatic heterocycles. The summed E-state index contributed by atoms with van der Waals surface area (Å²) in [5, 5.41) is 3.39. The van der Waals surface area contributed by atoms with E-state index < -0.39 is 12.1 Å². The first-order valence-electron chi connectivity index (χ1n) is 8.02. The van der Waals surface area contributed by atoms with Crippen molar-refractivity contribution in [3.63, 3.8) is 0 Å². The number of aromatic amines is 1. The van der Waals surface area contributed by atoms with E-state index in [4.69, 9.17) is 4.74 Å². The van der Waals surface area contributed by atoms with E-state index in [9.17, 15) is 14.0 Å². The molecular formula is C17H16FN5O3. The standard InChI is InChI=1S/C17H16FN5O3/c1-23-11(14-16(25)20-7-21-17(14)26-2)3-8-4-13(19-6-12(8)23)22-15(24)9-5-10(9)18/h3-4,6-7,9-10H,5H2,1-2H3,(H,19,22,24)(H,20,21,25). The lowest BCUT2D eigenvalue weighted by Crippen LogP contribution is -2.15. The SMILES string of the molecule is COc1nc[nH]c(=O)c1-c1cc2cc(NC(=O)C3CC3F)ncc2n1C. The number of aryl methyl sites for hydroxylation is 1. The Labute approximate surface area is 147 Å². The number of hydrogen-bond donors (Lipinski definition) is 2. The van der Waals surface area contributed by atoms with Crippen molar-refractivity contribution in [3.05, 3.63) is 35.0 Å². The molecule has 1 fully saturated rings. The van der Waals surface area contributed by atoms with Gasteiger partial charge in [0.25, 0.3) is 5.56 Å². The molecule has 0 aliphatic heterocycles. The van der Waals surface area contributed by atoms with Gasteiger partial charge in [-0.15, -0.1) is 0 Å². The minimum absolute atomic E-state index is 0.212. The van der Waals surface area contributed by atoms with Crippen molar-refractivity contribution < 1.29 is 13.9 Å². The molecule has 1 aliphatic carbocycles. The van der Waals surface area contributed by atoms with Gasteiger partial charge in [-0.3, -0.25) is 9.59 Å². The third-order valence-electron chi connectivity index (χ3n) is 4.50. The van der Waals surface area contributed by atoms with E-state index >= 15 is 0 Å². The lowest BCUT2D eigenvalue weighted by atomic mass is 10.2. The van der Waals surface area contributed by atoms with Gasteiger partial charge in [0, 0.05) is 12.4 Å². The fourth-order valence-electron chi connectivity index (χ4n) is 2.96. The second-order valence-corrected chi connectivity index (χ2v) is 6.18. The van der Waals surface area contributed by atoms with Crippen LogP contribution in [0.1, 0.15) is 6.42 Å². The Bertz CT molecular complexity index is 1070. The highest BCUT2D eigenvalue weighted by Gasteiger charge is 2.43. The number of hydrogen-bond acceptors (Lipinski definition) is 5. The number of anilines is 1. The maximum absolute atomic E-state index is 13.0. The second-order valence-electron chi connectivity index (χ2n) is 6.18. The quantitative estimate of drug-likeness (QED) is 0.739. The molecule has 0 radical (unpaired) electrons. The summed E-state index contributed by atoms with van der Waals surface area (Å²) in [5.74, 6) is -0.405. The van der Waals surface area contributed by atoms with Crippen molar-refractivity contribution in [2.75, 3.05) is 12.4 Å². The number of nitrogens with one attached hydrogen (secondary N) is 2. The number of rotatable bonds is 4. The van der Waals surface area contributed by atoms with Crippen molar-refractivity contribution in [2.24, 2.45) is 13.0 Å². The Hall–Kier alpha value is -3.23. The zero-order chi connectivity index (χ0) is 18.4. The molecule has 0 saturated heterocycles. The Morgan fingerprint density at radius 3 is 2.88 bits per heavy atom. The van der Waals surface area contributed by atoms with E-state index in [2.05, 4.69) is 20.3 Å². The number of nitrogens with zero attached hydrogens (tertiary/aromatic N) is 3. The number of amides is 1. The molecule has 9 heteroatoms. The average molecular weight is 357 g/mol. The highest BCUT2D eigenvalue weighted by Crippen LogP contribution is 2.35. The van der Waals surface area contributed by atoms with Crippen LogP contribution in [0.3, 0.4) is 0 Å². The Morgan fingerprint density at radius 1 is 1.42 bits per heavy atom. The van der Waals surface area contributed by atoms with E-state index in [1.165, 1.54) is 13.4 Å². The van der Waals surface area contributed by atoms with Gasteiger partial charge < -0.3 is 19.6 Å². The number of ether oxygens (including phenoxy) is 1. The molecule has 0 aromatic carbocycles. The number of carbonyl (C=O) groups excluding carboxylic acids is 1. The molecule has 134 valence electrons. The van der Waals surface area contributed by atoms with Crippen LogP contribution in [0, 0.1) is 5.92 Å². The van der Waals surface area contributed by atoms with Crippen molar-refractivity contribution in [1.82, 2.24) is 19.5 Å². The van der Waals surface area contributed by atoms with Crippen LogP contribution in [0.5, 0.6) is 5.88 Å².